The molecule has 0 aliphatic heterocycles. The second kappa shape index (κ2) is 4.96. The zero-order valence-electron chi connectivity index (χ0n) is 9.96. The van der Waals surface area contributed by atoms with E-state index in [1.54, 1.807) is 19.2 Å². The lowest BCUT2D eigenvalue weighted by Crippen LogP contribution is -2.25. The molecule has 4 heteroatoms. The van der Waals surface area contributed by atoms with Crippen LogP contribution in [0.4, 0.5) is 0 Å². The van der Waals surface area contributed by atoms with Gasteiger partial charge in [0, 0.05) is 11.1 Å². The van der Waals surface area contributed by atoms with E-state index in [2.05, 4.69) is 0 Å². The molecule has 0 spiro atoms. The average molecular weight is 255 g/mol. The molecule has 1 aromatic rings. The van der Waals surface area contributed by atoms with Crippen molar-refractivity contribution < 1.29 is 14.3 Å². The molecular weight excluding hydrogens is 240 g/mol. The second-order valence-electron chi connectivity index (χ2n) is 4.21. The smallest absolute Gasteiger partial charge is 0.172 e. The fraction of sp³-hybridized carbons (Fsp3) is 0.462. The first-order valence-electron chi connectivity index (χ1n) is 5.67. The van der Waals surface area contributed by atoms with Gasteiger partial charge in [-0.05, 0) is 32.3 Å². The normalized spacial score (nSPS) is 15.2. The lowest BCUT2D eigenvalue weighted by Gasteiger charge is -2.28. The fourth-order valence-electron chi connectivity index (χ4n) is 1.76. The number of carbonyl (C=O) groups is 1. The van der Waals surface area contributed by atoms with Crippen LogP contribution in [0.2, 0.25) is 5.02 Å². The number of hydrogen-bond acceptors (Lipinski definition) is 3. The SMILES string of the molecule is COc1cc(Cl)cc(C(C)=O)c1OC1CCC1. The van der Waals surface area contributed by atoms with E-state index in [9.17, 15) is 4.79 Å². The number of rotatable bonds is 4. The summed E-state index contributed by atoms with van der Waals surface area (Å²) in [6, 6.07) is 3.29. The molecule has 0 unspecified atom stereocenters. The van der Waals surface area contributed by atoms with Crippen LogP contribution in [0.1, 0.15) is 36.5 Å². The Morgan fingerprint density at radius 3 is 2.59 bits per heavy atom. The van der Waals surface area contributed by atoms with E-state index in [1.165, 1.54) is 13.3 Å². The van der Waals surface area contributed by atoms with Crippen molar-refractivity contribution >= 4 is 17.4 Å². The summed E-state index contributed by atoms with van der Waals surface area (Å²) in [5.74, 6) is 0.976. The molecule has 1 aliphatic rings. The Hall–Kier alpha value is -1.22. The monoisotopic (exact) mass is 254 g/mol. The third-order valence-electron chi connectivity index (χ3n) is 2.96. The standard InChI is InChI=1S/C13H15ClO3/c1-8(15)11-6-9(14)7-12(16-2)13(11)17-10-4-3-5-10/h6-7,10H,3-5H2,1-2H3. The minimum atomic E-state index is -0.0693. The van der Waals surface area contributed by atoms with Crippen LogP contribution in [0.3, 0.4) is 0 Å². The molecule has 0 atom stereocenters. The van der Waals surface area contributed by atoms with E-state index in [0.29, 0.717) is 22.1 Å². The number of Topliss-reactive ketones (excluding diaryl/α,β-unsaturated/α-hetero) is 1. The third kappa shape index (κ3) is 2.55. The first-order valence-corrected chi connectivity index (χ1v) is 6.04. The summed E-state index contributed by atoms with van der Waals surface area (Å²) < 4.78 is 11.0. The van der Waals surface area contributed by atoms with Gasteiger partial charge in [-0.3, -0.25) is 4.79 Å². The third-order valence-corrected chi connectivity index (χ3v) is 3.17. The number of carbonyl (C=O) groups excluding carboxylic acids is 1. The summed E-state index contributed by atoms with van der Waals surface area (Å²) in [7, 11) is 1.54. The Labute approximate surface area is 106 Å². The van der Waals surface area contributed by atoms with Crippen LogP contribution in [0.25, 0.3) is 0 Å². The molecule has 0 bridgehead atoms. The number of benzene rings is 1. The van der Waals surface area contributed by atoms with Crippen molar-refractivity contribution in [3.8, 4) is 11.5 Å². The predicted molar refractivity (Wildman–Crippen MR) is 66.3 cm³/mol. The second-order valence-corrected chi connectivity index (χ2v) is 4.65. The van der Waals surface area contributed by atoms with Gasteiger partial charge >= 0.3 is 0 Å². The molecule has 3 nitrogen and oxygen atoms in total. The van der Waals surface area contributed by atoms with Crippen molar-refractivity contribution in [2.45, 2.75) is 32.3 Å². The van der Waals surface area contributed by atoms with Gasteiger partial charge in [0.2, 0.25) is 0 Å². The molecule has 0 N–H and O–H groups in total. The summed E-state index contributed by atoms with van der Waals surface area (Å²) in [6.07, 6.45) is 3.44. The van der Waals surface area contributed by atoms with Crippen molar-refractivity contribution in [1.29, 1.82) is 0 Å². The molecular formula is C13H15ClO3. The molecule has 1 aromatic carbocycles. The van der Waals surface area contributed by atoms with Crippen molar-refractivity contribution in [3.63, 3.8) is 0 Å². The van der Waals surface area contributed by atoms with E-state index < -0.39 is 0 Å². The molecule has 92 valence electrons. The van der Waals surface area contributed by atoms with Gasteiger partial charge in [-0.25, -0.2) is 0 Å². The van der Waals surface area contributed by atoms with Crippen LogP contribution in [-0.4, -0.2) is 19.0 Å². The fourth-order valence-corrected chi connectivity index (χ4v) is 1.97. The highest BCUT2D eigenvalue weighted by Gasteiger charge is 2.24. The molecule has 0 amide bonds. The van der Waals surface area contributed by atoms with E-state index in [1.807, 2.05) is 0 Å². The van der Waals surface area contributed by atoms with Gasteiger partial charge < -0.3 is 9.47 Å². The number of ether oxygens (including phenoxy) is 2. The quantitative estimate of drug-likeness (QED) is 0.772. The Morgan fingerprint density at radius 2 is 2.12 bits per heavy atom. The molecule has 1 saturated carbocycles. The number of ketones is 1. The minimum Gasteiger partial charge on any atom is -0.493 e. The maximum absolute atomic E-state index is 11.6. The van der Waals surface area contributed by atoms with E-state index >= 15 is 0 Å². The van der Waals surface area contributed by atoms with Crippen LogP contribution in [-0.2, 0) is 0 Å². The van der Waals surface area contributed by atoms with E-state index in [0.717, 1.165) is 12.8 Å². The Balaban J connectivity index is 2.39. The van der Waals surface area contributed by atoms with Gasteiger partial charge in [0.15, 0.2) is 17.3 Å². The van der Waals surface area contributed by atoms with Crippen LogP contribution >= 0.6 is 11.6 Å². The zero-order valence-corrected chi connectivity index (χ0v) is 10.7. The van der Waals surface area contributed by atoms with Crippen molar-refractivity contribution in [2.75, 3.05) is 7.11 Å². The highest BCUT2D eigenvalue weighted by atomic mass is 35.5. The minimum absolute atomic E-state index is 0.0693. The maximum atomic E-state index is 11.6. The highest BCUT2D eigenvalue weighted by Crippen LogP contribution is 2.38. The first kappa shape index (κ1) is 12.2. The Bertz CT molecular complexity index is 439. The number of halogens is 1. The van der Waals surface area contributed by atoms with Gasteiger partial charge in [0.05, 0.1) is 18.8 Å². The maximum Gasteiger partial charge on any atom is 0.172 e. The summed E-state index contributed by atoms with van der Waals surface area (Å²) in [5, 5.41) is 0.480. The average Bonchev–Trinajstić information content (AvgIpc) is 2.23. The lowest BCUT2D eigenvalue weighted by atomic mass is 9.96. The van der Waals surface area contributed by atoms with Gasteiger partial charge in [0.25, 0.3) is 0 Å². The van der Waals surface area contributed by atoms with Crippen LogP contribution in [0, 0.1) is 0 Å². The molecule has 17 heavy (non-hydrogen) atoms. The van der Waals surface area contributed by atoms with Gasteiger partial charge in [0.1, 0.15) is 0 Å². The summed E-state index contributed by atoms with van der Waals surface area (Å²) >= 11 is 5.94. The Kier molecular flexibility index (Phi) is 3.57. The summed E-state index contributed by atoms with van der Waals surface area (Å²) in [6.45, 7) is 1.50. The van der Waals surface area contributed by atoms with Crippen molar-refractivity contribution in [2.24, 2.45) is 0 Å². The van der Waals surface area contributed by atoms with E-state index in [-0.39, 0.29) is 11.9 Å². The first-order chi connectivity index (χ1) is 8.11. The van der Waals surface area contributed by atoms with Crippen molar-refractivity contribution in [1.82, 2.24) is 0 Å². The molecule has 0 radical (unpaired) electrons. The largest absolute Gasteiger partial charge is 0.493 e. The van der Waals surface area contributed by atoms with E-state index in [4.69, 9.17) is 21.1 Å². The zero-order chi connectivity index (χ0) is 12.4. The van der Waals surface area contributed by atoms with Gasteiger partial charge in [-0.1, -0.05) is 11.6 Å². The van der Waals surface area contributed by atoms with Crippen LogP contribution in [0.15, 0.2) is 12.1 Å². The van der Waals surface area contributed by atoms with Crippen molar-refractivity contribution in [3.05, 3.63) is 22.7 Å². The predicted octanol–water partition coefficient (Wildman–Crippen LogP) is 3.48. The summed E-state index contributed by atoms with van der Waals surface area (Å²) in [4.78, 5) is 11.6. The van der Waals surface area contributed by atoms with Crippen LogP contribution < -0.4 is 9.47 Å². The lowest BCUT2D eigenvalue weighted by molar-refractivity contribution is 0.0975. The molecule has 2 rings (SSSR count). The van der Waals surface area contributed by atoms with Crippen LogP contribution in [0.5, 0.6) is 11.5 Å². The molecule has 1 aliphatic carbocycles. The highest BCUT2D eigenvalue weighted by molar-refractivity contribution is 6.31. The summed E-state index contributed by atoms with van der Waals surface area (Å²) in [5.41, 5.74) is 0.487. The topological polar surface area (TPSA) is 35.5 Å². The Morgan fingerprint density at radius 1 is 1.41 bits per heavy atom. The van der Waals surface area contributed by atoms with Gasteiger partial charge in [-0.15, -0.1) is 0 Å². The van der Waals surface area contributed by atoms with Gasteiger partial charge in [-0.2, -0.15) is 0 Å². The molecule has 1 fully saturated rings. The molecule has 0 saturated heterocycles. The molecule has 0 aromatic heterocycles. The number of hydrogen-bond donors (Lipinski definition) is 0. The number of methoxy groups -OCH3 is 1. The molecule has 0 heterocycles.